The van der Waals surface area contributed by atoms with Crippen molar-refractivity contribution in [3.63, 3.8) is 0 Å². The normalized spacial score (nSPS) is 12.7. The van der Waals surface area contributed by atoms with Gasteiger partial charge in [-0.3, -0.25) is 4.79 Å². The number of carbonyl (C=O) groups is 1. The summed E-state index contributed by atoms with van der Waals surface area (Å²) in [5, 5.41) is 2.93. The molecule has 2 aromatic heterocycles. The van der Waals surface area contributed by atoms with Crippen molar-refractivity contribution in [2.24, 2.45) is 0 Å². The molecule has 0 aliphatic carbocycles. The maximum Gasteiger partial charge on any atom is 0.268 e. The van der Waals surface area contributed by atoms with Gasteiger partial charge >= 0.3 is 0 Å². The number of carbonyl (C=O) groups excluding carboxylic acids is 1. The molecule has 1 atom stereocenters. The number of aromatic nitrogens is 1. The number of nitrogens with zero attached hydrogens (tertiary/aromatic N) is 1. The second kappa shape index (κ2) is 5.65. The van der Waals surface area contributed by atoms with Crippen LogP contribution in [0.4, 0.5) is 0 Å². The summed E-state index contributed by atoms with van der Waals surface area (Å²) in [7, 11) is 0. The quantitative estimate of drug-likeness (QED) is 0.926. The molecule has 0 saturated carbocycles. The van der Waals surface area contributed by atoms with Crippen LogP contribution in [0, 0.1) is 0 Å². The van der Waals surface area contributed by atoms with Crippen molar-refractivity contribution in [1.29, 1.82) is 0 Å². The smallest absolute Gasteiger partial charge is 0.268 e. The van der Waals surface area contributed by atoms with E-state index in [-0.39, 0.29) is 18.0 Å². The Labute approximate surface area is 120 Å². The van der Waals surface area contributed by atoms with Crippen LogP contribution in [0.15, 0.2) is 39.5 Å². The zero-order valence-corrected chi connectivity index (χ0v) is 12.8. The van der Waals surface area contributed by atoms with E-state index < -0.39 is 0 Å². The van der Waals surface area contributed by atoms with Gasteiger partial charge in [0.2, 0.25) is 0 Å². The molecule has 5 heteroatoms. The average Bonchev–Trinajstić information content (AvgIpc) is 2.96. The van der Waals surface area contributed by atoms with Crippen LogP contribution in [0.25, 0.3) is 0 Å². The molecule has 0 bridgehead atoms. The highest BCUT2D eigenvalue weighted by molar-refractivity contribution is 9.10. The fourth-order valence-electron chi connectivity index (χ4n) is 1.93. The van der Waals surface area contributed by atoms with Crippen molar-refractivity contribution < 1.29 is 9.21 Å². The van der Waals surface area contributed by atoms with Crippen molar-refractivity contribution in [3.05, 3.63) is 46.6 Å². The fourth-order valence-corrected chi connectivity index (χ4v) is 2.37. The zero-order chi connectivity index (χ0) is 14.0. The molecule has 19 heavy (non-hydrogen) atoms. The molecule has 2 rings (SSSR count). The van der Waals surface area contributed by atoms with Crippen molar-refractivity contribution in [1.82, 2.24) is 9.88 Å². The first-order chi connectivity index (χ1) is 8.99. The van der Waals surface area contributed by atoms with Crippen LogP contribution in [-0.4, -0.2) is 10.5 Å². The van der Waals surface area contributed by atoms with Crippen molar-refractivity contribution in [3.8, 4) is 0 Å². The zero-order valence-electron chi connectivity index (χ0n) is 11.2. The molecule has 0 aliphatic rings. The molecular formula is C14H17BrN2O2. The summed E-state index contributed by atoms with van der Waals surface area (Å²) in [6, 6.07) is 5.56. The molecule has 1 unspecified atom stereocenters. The molecule has 4 nitrogen and oxygen atoms in total. The van der Waals surface area contributed by atoms with E-state index in [1.54, 1.807) is 6.26 Å². The van der Waals surface area contributed by atoms with E-state index in [2.05, 4.69) is 21.2 Å². The lowest BCUT2D eigenvalue weighted by atomic mass is 10.2. The lowest BCUT2D eigenvalue weighted by Crippen LogP contribution is -2.28. The van der Waals surface area contributed by atoms with E-state index >= 15 is 0 Å². The third kappa shape index (κ3) is 3.10. The minimum Gasteiger partial charge on any atom is -0.467 e. The molecule has 2 heterocycles. The number of hydrogen-bond acceptors (Lipinski definition) is 2. The highest BCUT2D eigenvalue weighted by atomic mass is 79.9. The van der Waals surface area contributed by atoms with Gasteiger partial charge in [-0.15, -0.1) is 0 Å². The van der Waals surface area contributed by atoms with Crippen LogP contribution in [0.5, 0.6) is 0 Å². The number of rotatable bonds is 4. The maximum atomic E-state index is 12.3. The van der Waals surface area contributed by atoms with E-state index in [4.69, 9.17) is 4.42 Å². The van der Waals surface area contributed by atoms with E-state index in [1.807, 2.05) is 49.7 Å². The summed E-state index contributed by atoms with van der Waals surface area (Å²) in [6.07, 6.45) is 3.52. The first-order valence-electron chi connectivity index (χ1n) is 6.20. The summed E-state index contributed by atoms with van der Waals surface area (Å²) < 4.78 is 8.12. The topological polar surface area (TPSA) is 47.2 Å². The third-order valence-electron chi connectivity index (χ3n) is 2.92. The Hall–Kier alpha value is -1.49. The highest BCUT2D eigenvalue weighted by Crippen LogP contribution is 2.20. The fraction of sp³-hybridized carbons (Fsp3) is 0.357. The van der Waals surface area contributed by atoms with Gasteiger partial charge in [-0.25, -0.2) is 0 Å². The molecule has 1 N–H and O–H groups in total. The largest absolute Gasteiger partial charge is 0.467 e. The lowest BCUT2D eigenvalue weighted by Gasteiger charge is -2.15. The van der Waals surface area contributed by atoms with E-state index in [0.717, 1.165) is 10.2 Å². The van der Waals surface area contributed by atoms with E-state index in [9.17, 15) is 4.79 Å². The highest BCUT2D eigenvalue weighted by Gasteiger charge is 2.18. The minimum absolute atomic E-state index is 0.108. The van der Waals surface area contributed by atoms with Gasteiger partial charge in [0.05, 0.1) is 12.3 Å². The second-order valence-corrected chi connectivity index (χ2v) is 5.67. The predicted molar refractivity (Wildman–Crippen MR) is 77.1 cm³/mol. The van der Waals surface area contributed by atoms with E-state index in [1.165, 1.54) is 0 Å². The molecule has 0 aliphatic heterocycles. The number of furan rings is 1. The third-order valence-corrected chi connectivity index (χ3v) is 3.36. The molecule has 0 aromatic carbocycles. The van der Waals surface area contributed by atoms with Gasteiger partial charge in [-0.2, -0.15) is 0 Å². The van der Waals surface area contributed by atoms with Crippen LogP contribution in [0.2, 0.25) is 0 Å². The number of amides is 1. The number of halogens is 1. The SMILES string of the molecule is CC(NC(=O)c1cc(Br)cn1C(C)C)c1ccco1. The van der Waals surface area contributed by atoms with Crippen molar-refractivity contribution in [2.45, 2.75) is 32.9 Å². The van der Waals surface area contributed by atoms with E-state index in [0.29, 0.717) is 5.69 Å². The summed E-state index contributed by atoms with van der Waals surface area (Å²) in [5.74, 6) is 0.637. The summed E-state index contributed by atoms with van der Waals surface area (Å²) >= 11 is 3.41. The minimum atomic E-state index is -0.156. The molecule has 0 saturated heterocycles. The summed E-state index contributed by atoms with van der Waals surface area (Å²) in [6.45, 7) is 5.98. The van der Waals surface area contributed by atoms with Crippen LogP contribution in [-0.2, 0) is 0 Å². The van der Waals surface area contributed by atoms with Gasteiger partial charge in [-0.1, -0.05) is 0 Å². The van der Waals surface area contributed by atoms with Gasteiger partial charge in [0.25, 0.3) is 5.91 Å². The molecule has 0 fully saturated rings. The average molecular weight is 325 g/mol. The first kappa shape index (κ1) is 13.9. The van der Waals surface area contributed by atoms with Gasteiger partial charge in [0.1, 0.15) is 11.5 Å². The Bertz CT molecular complexity index is 558. The lowest BCUT2D eigenvalue weighted by molar-refractivity contribution is 0.0924. The van der Waals surface area contributed by atoms with Crippen LogP contribution < -0.4 is 5.32 Å². The molecule has 102 valence electrons. The molecular weight excluding hydrogens is 308 g/mol. The predicted octanol–water partition coefficient (Wildman–Crippen LogP) is 3.92. The monoisotopic (exact) mass is 324 g/mol. The standard InChI is InChI=1S/C14H17BrN2O2/c1-9(2)17-8-11(15)7-12(17)14(18)16-10(3)13-5-4-6-19-13/h4-10H,1-3H3,(H,16,18). The number of hydrogen-bond donors (Lipinski definition) is 1. The summed E-state index contributed by atoms with van der Waals surface area (Å²) in [4.78, 5) is 12.3. The Morgan fingerprint density at radius 2 is 2.16 bits per heavy atom. The molecule has 0 spiro atoms. The van der Waals surface area contributed by atoms with Gasteiger partial charge in [0.15, 0.2) is 0 Å². The van der Waals surface area contributed by atoms with Gasteiger partial charge in [-0.05, 0) is 54.9 Å². The molecule has 0 radical (unpaired) electrons. The van der Waals surface area contributed by atoms with Gasteiger partial charge < -0.3 is 14.3 Å². The molecule has 2 aromatic rings. The van der Waals surface area contributed by atoms with Crippen LogP contribution >= 0.6 is 15.9 Å². The Balaban J connectivity index is 2.16. The Morgan fingerprint density at radius 1 is 1.42 bits per heavy atom. The van der Waals surface area contributed by atoms with Crippen molar-refractivity contribution in [2.75, 3.05) is 0 Å². The van der Waals surface area contributed by atoms with Crippen LogP contribution in [0.3, 0.4) is 0 Å². The van der Waals surface area contributed by atoms with Crippen molar-refractivity contribution >= 4 is 21.8 Å². The first-order valence-corrected chi connectivity index (χ1v) is 7.00. The second-order valence-electron chi connectivity index (χ2n) is 4.76. The maximum absolute atomic E-state index is 12.3. The Kier molecular flexibility index (Phi) is 4.14. The van der Waals surface area contributed by atoms with Gasteiger partial charge in [0, 0.05) is 16.7 Å². The van der Waals surface area contributed by atoms with Crippen LogP contribution in [0.1, 0.15) is 49.1 Å². The summed E-state index contributed by atoms with van der Waals surface area (Å²) in [5.41, 5.74) is 0.639. The Morgan fingerprint density at radius 3 is 2.74 bits per heavy atom. The number of nitrogens with one attached hydrogen (secondary N) is 1. The molecule has 1 amide bonds.